The molecule has 90 valence electrons. The number of aryl methyl sites for hydroxylation is 2. The minimum atomic E-state index is 0.248. The van der Waals surface area contributed by atoms with Crippen LogP contribution < -0.4 is 0 Å². The minimum absolute atomic E-state index is 0.248. The fourth-order valence-corrected chi connectivity index (χ4v) is 2.84. The van der Waals surface area contributed by atoms with Gasteiger partial charge in [0.05, 0.1) is 15.7 Å². The zero-order valence-electron chi connectivity index (χ0n) is 9.04. The Morgan fingerprint density at radius 1 is 1.18 bits per heavy atom. The van der Waals surface area contributed by atoms with Crippen molar-refractivity contribution in [2.24, 2.45) is 7.05 Å². The summed E-state index contributed by atoms with van der Waals surface area (Å²) in [6, 6.07) is 3.54. The third kappa shape index (κ3) is 2.88. The number of pyridine rings is 1. The van der Waals surface area contributed by atoms with Crippen molar-refractivity contribution in [1.82, 2.24) is 14.8 Å². The van der Waals surface area contributed by atoms with Crippen LogP contribution in [0.5, 0.6) is 0 Å². The molecule has 17 heavy (non-hydrogen) atoms. The number of halogens is 3. The number of nitrogens with zero attached hydrogens (tertiary/aromatic N) is 3. The second-order valence-electron chi connectivity index (χ2n) is 3.40. The van der Waals surface area contributed by atoms with E-state index in [9.17, 15) is 0 Å². The van der Waals surface area contributed by atoms with Crippen LogP contribution in [0.15, 0.2) is 22.2 Å². The number of rotatable bonds is 2. The quantitative estimate of drug-likeness (QED) is 0.778. The van der Waals surface area contributed by atoms with Crippen LogP contribution in [0.2, 0.25) is 15.2 Å². The summed E-state index contributed by atoms with van der Waals surface area (Å²) in [5.41, 5.74) is 0.936. The van der Waals surface area contributed by atoms with Crippen LogP contribution in [0.1, 0.15) is 5.69 Å². The van der Waals surface area contributed by atoms with Gasteiger partial charge in [0, 0.05) is 7.05 Å². The van der Waals surface area contributed by atoms with Crippen LogP contribution in [0.3, 0.4) is 0 Å². The zero-order valence-corrected chi connectivity index (χ0v) is 12.1. The molecular weight excluding hydrogens is 301 g/mol. The van der Waals surface area contributed by atoms with Crippen molar-refractivity contribution in [1.29, 1.82) is 0 Å². The smallest absolute Gasteiger partial charge is 0.149 e. The maximum atomic E-state index is 6.05. The summed E-state index contributed by atoms with van der Waals surface area (Å²) < 4.78 is 1.76. The monoisotopic (exact) mass is 307 g/mol. The maximum Gasteiger partial charge on any atom is 0.149 e. The predicted octanol–water partition coefficient (Wildman–Crippen LogP) is 4.23. The zero-order chi connectivity index (χ0) is 12.6. The normalized spacial score (nSPS) is 10.9. The van der Waals surface area contributed by atoms with Gasteiger partial charge >= 0.3 is 0 Å². The van der Waals surface area contributed by atoms with Crippen molar-refractivity contribution < 1.29 is 0 Å². The molecular formula is C10H8Cl3N3S. The molecule has 2 rings (SSSR count). The summed E-state index contributed by atoms with van der Waals surface area (Å²) in [6.45, 7) is 1.92. The van der Waals surface area contributed by atoms with Crippen molar-refractivity contribution >= 4 is 46.6 Å². The molecule has 0 fully saturated rings. The average molecular weight is 309 g/mol. The van der Waals surface area contributed by atoms with Gasteiger partial charge < -0.3 is 0 Å². The Balaban J connectivity index is 2.36. The highest BCUT2D eigenvalue weighted by atomic mass is 35.5. The third-order valence-corrected chi connectivity index (χ3v) is 4.18. The summed E-state index contributed by atoms with van der Waals surface area (Å²) >= 11 is 19.1. The summed E-state index contributed by atoms with van der Waals surface area (Å²) in [4.78, 5) is 4.14. The lowest BCUT2D eigenvalue weighted by Gasteiger charge is -2.04. The van der Waals surface area contributed by atoms with Crippen molar-refractivity contribution in [3.63, 3.8) is 0 Å². The molecule has 3 nitrogen and oxygen atoms in total. The molecule has 0 bridgehead atoms. The van der Waals surface area contributed by atoms with Crippen LogP contribution in [0.25, 0.3) is 0 Å². The van der Waals surface area contributed by atoms with Crippen molar-refractivity contribution in [2.75, 3.05) is 0 Å². The minimum Gasteiger partial charge on any atom is -0.261 e. The number of hydrogen-bond acceptors (Lipinski definition) is 3. The fourth-order valence-electron chi connectivity index (χ4n) is 1.28. The van der Waals surface area contributed by atoms with E-state index in [2.05, 4.69) is 10.1 Å². The van der Waals surface area contributed by atoms with Crippen LogP contribution in [-0.2, 0) is 7.05 Å². The summed E-state index contributed by atoms with van der Waals surface area (Å²) in [5, 5.41) is 6.87. The van der Waals surface area contributed by atoms with Gasteiger partial charge in [0.2, 0.25) is 0 Å². The Morgan fingerprint density at radius 2 is 1.88 bits per heavy atom. The van der Waals surface area contributed by atoms with E-state index in [1.165, 1.54) is 11.8 Å². The van der Waals surface area contributed by atoms with E-state index in [1.54, 1.807) is 10.7 Å². The molecule has 0 N–H and O–H groups in total. The van der Waals surface area contributed by atoms with Gasteiger partial charge in [-0.2, -0.15) is 5.10 Å². The van der Waals surface area contributed by atoms with E-state index in [4.69, 9.17) is 34.8 Å². The van der Waals surface area contributed by atoms with Gasteiger partial charge in [0.1, 0.15) is 15.2 Å². The summed E-state index contributed by atoms with van der Waals surface area (Å²) in [7, 11) is 1.86. The lowest BCUT2D eigenvalue weighted by Crippen LogP contribution is -1.93. The molecule has 2 aromatic heterocycles. The van der Waals surface area contributed by atoms with Crippen LogP contribution in [-0.4, -0.2) is 14.8 Å². The summed E-state index contributed by atoms with van der Waals surface area (Å²) in [6.07, 6.45) is 0. The number of hydrogen-bond donors (Lipinski definition) is 0. The molecule has 0 spiro atoms. The SMILES string of the molecule is Cc1cc(Sc2nc(Cl)c(Cl)cc2Cl)n(C)n1. The first-order chi connectivity index (χ1) is 7.97. The molecule has 0 aliphatic rings. The Kier molecular flexibility index (Phi) is 3.88. The molecule has 0 unspecified atom stereocenters. The molecule has 7 heteroatoms. The molecule has 2 heterocycles. The summed E-state index contributed by atoms with van der Waals surface area (Å²) in [5.74, 6) is 0. The highest BCUT2D eigenvalue weighted by Crippen LogP contribution is 2.35. The Hall–Kier alpha value is -0.420. The van der Waals surface area contributed by atoms with E-state index >= 15 is 0 Å². The van der Waals surface area contributed by atoms with E-state index in [-0.39, 0.29) is 5.15 Å². The first-order valence-corrected chi connectivity index (χ1v) is 6.62. The molecule has 0 aromatic carbocycles. The molecule has 0 radical (unpaired) electrons. The van der Waals surface area contributed by atoms with Gasteiger partial charge in [0.15, 0.2) is 0 Å². The first kappa shape index (κ1) is 13.0. The molecule has 0 saturated heterocycles. The number of aromatic nitrogens is 3. The Bertz CT molecular complexity index is 568. The molecule has 0 saturated carbocycles. The lowest BCUT2D eigenvalue weighted by molar-refractivity contribution is 0.692. The second kappa shape index (κ2) is 5.06. The van der Waals surface area contributed by atoms with Crippen LogP contribution in [0, 0.1) is 6.92 Å². The lowest BCUT2D eigenvalue weighted by atomic mass is 10.5. The van der Waals surface area contributed by atoms with Gasteiger partial charge in [-0.05, 0) is 30.8 Å². The molecule has 0 amide bonds. The van der Waals surface area contributed by atoms with Crippen LogP contribution >= 0.6 is 46.6 Å². The van der Waals surface area contributed by atoms with Crippen LogP contribution in [0.4, 0.5) is 0 Å². The predicted molar refractivity (Wildman–Crippen MR) is 71.3 cm³/mol. The van der Waals surface area contributed by atoms with E-state index < -0.39 is 0 Å². The average Bonchev–Trinajstić information content (AvgIpc) is 2.54. The molecule has 0 aliphatic carbocycles. The van der Waals surface area contributed by atoms with E-state index in [0.717, 1.165) is 10.7 Å². The van der Waals surface area contributed by atoms with Gasteiger partial charge in [-0.15, -0.1) is 0 Å². The van der Waals surface area contributed by atoms with Gasteiger partial charge in [-0.25, -0.2) is 4.98 Å². The van der Waals surface area contributed by atoms with E-state index in [1.807, 2.05) is 20.0 Å². The first-order valence-electron chi connectivity index (χ1n) is 4.67. The highest BCUT2D eigenvalue weighted by Gasteiger charge is 2.12. The largest absolute Gasteiger partial charge is 0.261 e. The molecule has 0 aliphatic heterocycles. The fraction of sp³-hybridized carbons (Fsp3) is 0.200. The molecule has 2 aromatic rings. The van der Waals surface area contributed by atoms with Gasteiger partial charge in [0.25, 0.3) is 0 Å². The van der Waals surface area contributed by atoms with E-state index in [0.29, 0.717) is 15.1 Å². The Morgan fingerprint density at radius 3 is 2.47 bits per heavy atom. The van der Waals surface area contributed by atoms with Crippen molar-refractivity contribution in [2.45, 2.75) is 17.0 Å². The standard InChI is InChI=1S/C10H8Cl3N3S/c1-5-3-8(16(2)15-5)17-10-7(12)4-6(11)9(13)14-10/h3-4H,1-2H3. The van der Waals surface area contributed by atoms with Gasteiger partial charge in [-0.3, -0.25) is 4.68 Å². The van der Waals surface area contributed by atoms with Gasteiger partial charge in [-0.1, -0.05) is 34.8 Å². The second-order valence-corrected chi connectivity index (χ2v) is 5.58. The van der Waals surface area contributed by atoms with Crippen molar-refractivity contribution in [3.05, 3.63) is 33.0 Å². The third-order valence-electron chi connectivity index (χ3n) is 2.01. The molecule has 0 atom stereocenters. The maximum absolute atomic E-state index is 6.05. The highest BCUT2D eigenvalue weighted by molar-refractivity contribution is 7.99. The Labute approximate surface area is 118 Å². The van der Waals surface area contributed by atoms with Crippen molar-refractivity contribution in [3.8, 4) is 0 Å². The topological polar surface area (TPSA) is 30.7 Å².